The average Bonchev–Trinajstić information content (AvgIpc) is 2.74. The molecule has 35 heavy (non-hydrogen) atoms. The molecule has 0 N–H and O–H groups in total. The van der Waals surface area contributed by atoms with Gasteiger partial charge in [0.15, 0.2) is 8.32 Å². The molecule has 5 heteroatoms. The largest absolute Gasteiger partial charge is 0.520 e. The van der Waals surface area contributed by atoms with E-state index in [9.17, 15) is 4.79 Å². The van der Waals surface area contributed by atoms with E-state index in [1.165, 1.54) is 128 Å². The minimum Gasteiger partial charge on any atom is -0.520 e. The molecule has 0 aromatic rings. The monoisotopic (exact) mass is 528 g/mol. The zero-order valence-corrected chi connectivity index (χ0v) is 27.0. The molecule has 0 amide bonds. The SMILES string of the molecule is C[Si](C)(C)OCCCCCCCCCCCCCCCCCCCCCCCC(=O)O[Si](C)(C)C. The van der Waals surface area contributed by atoms with Crippen molar-refractivity contribution in [2.45, 2.75) is 181 Å². The lowest BCUT2D eigenvalue weighted by Gasteiger charge is -2.17. The van der Waals surface area contributed by atoms with Gasteiger partial charge < -0.3 is 8.85 Å². The summed E-state index contributed by atoms with van der Waals surface area (Å²) in [5.41, 5.74) is 0. The second-order valence-corrected chi connectivity index (χ2v) is 21.7. The maximum Gasteiger partial charge on any atom is 0.292 e. The predicted molar refractivity (Wildman–Crippen MR) is 160 cm³/mol. The standard InChI is InChI=1S/C30H64O3Si2/c1-34(2,3)32-29-27-25-23-21-19-17-15-13-11-9-7-8-10-12-14-16-18-20-22-24-26-28-30(31)33-35(4,5)6/h7-29H2,1-6H3. The van der Waals surface area contributed by atoms with Gasteiger partial charge in [-0.05, 0) is 52.1 Å². The summed E-state index contributed by atoms with van der Waals surface area (Å²) in [7, 11) is -2.99. The summed E-state index contributed by atoms with van der Waals surface area (Å²) in [5.74, 6) is 0.0183. The lowest BCUT2D eigenvalue weighted by atomic mass is 10.0. The first-order valence-corrected chi connectivity index (χ1v) is 22.3. The zero-order chi connectivity index (χ0) is 26.3. The molecular weight excluding hydrogens is 464 g/mol. The first-order chi connectivity index (χ1) is 16.6. The van der Waals surface area contributed by atoms with Crippen LogP contribution >= 0.6 is 0 Å². The number of carbonyl (C=O) groups excluding carboxylic acids is 1. The van der Waals surface area contributed by atoms with Crippen molar-refractivity contribution in [1.29, 1.82) is 0 Å². The maximum atomic E-state index is 11.7. The van der Waals surface area contributed by atoms with E-state index in [1.807, 2.05) is 0 Å². The number of unbranched alkanes of at least 4 members (excludes halogenated alkanes) is 20. The van der Waals surface area contributed by atoms with Gasteiger partial charge in [-0.15, -0.1) is 0 Å². The van der Waals surface area contributed by atoms with Crippen molar-refractivity contribution in [3.05, 3.63) is 0 Å². The van der Waals surface area contributed by atoms with Crippen LogP contribution in [0.15, 0.2) is 0 Å². The van der Waals surface area contributed by atoms with Gasteiger partial charge in [0.05, 0.1) is 0 Å². The Balaban J connectivity index is 3.13. The lowest BCUT2D eigenvalue weighted by molar-refractivity contribution is -0.135. The van der Waals surface area contributed by atoms with Gasteiger partial charge in [-0.3, -0.25) is 4.79 Å². The van der Waals surface area contributed by atoms with Gasteiger partial charge in [-0.25, -0.2) is 0 Å². The topological polar surface area (TPSA) is 35.5 Å². The molecule has 0 fully saturated rings. The normalized spacial score (nSPS) is 12.3. The molecule has 0 radical (unpaired) electrons. The summed E-state index contributed by atoms with van der Waals surface area (Å²) in [5, 5.41) is 0. The van der Waals surface area contributed by atoms with Crippen molar-refractivity contribution in [3.8, 4) is 0 Å². The van der Waals surface area contributed by atoms with E-state index in [2.05, 4.69) is 39.3 Å². The van der Waals surface area contributed by atoms with Crippen molar-refractivity contribution in [2.24, 2.45) is 0 Å². The van der Waals surface area contributed by atoms with Gasteiger partial charge in [0.25, 0.3) is 5.97 Å². The molecule has 0 bridgehead atoms. The average molecular weight is 529 g/mol. The van der Waals surface area contributed by atoms with E-state index >= 15 is 0 Å². The summed E-state index contributed by atoms with van der Waals surface area (Å²) in [4.78, 5) is 11.7. The predicted octanol–water partition coefficient (Wildman–Crippen LogP) is 10.8. The molecule has 0 spiro atoms. The van der Waals surface area contributed by atoms with Crippen molar-refractivity contribution >= 4 is 22.6 Å². The smallest absolute Gasteiger partial charge is 0.292 e. The third-order valence-corrected chi connectivity index (χ3v) is 8.39. The number of carbonyl (C=O) groups is 1. The molecule has 0 heterocycles. The Morgan fingerprint density at radius 1 is 0.429 bits per heavy atom. The molecule has 0 saturated heterocycles. The highest BCUT2D eigenvalue weighted by molar-refractivity contribution is 6.71. The molecule has 0 aliphatic rings. The van der Waals surface area contributed by atoms with E-state index in [4.69, 9.17) is 8.85 Å². The van der Waals surface area contributed by atoms with Crippen LogP contribution in [0, 0.1) is 0 Å². The van der Waals surface area contributed by atoms with Crippen molar-refractivity contribution < 1.29 is 13.6 Å². The second-order valence-electron chi connectivity index (χ2n) is 12.7. The van der Waals surface area contributed by atoms with Gasteiger partial charge in [0, 0.05) is 13.0 Å². The zero-order valence-electron chi connectivity index (χ0n) is 25.0. The van der Waals surface area contributed by atoms with E-state index in [0.717, 1.165) is 13.0 Å². The number of hydrogen-bond acceptors (Lipinski definition) is 3. The molecule has 0 aromatic carbocycles. The van der Waals surface area contributed by atoms with Gasteiger partial charge in [-0.1, -0.05) is 122 Å². The van der Waals surface area contributed by atoms with Crippen LogP contribution in [0.1, 0.15) is 141 Å². The van der Waals surface area contributed by atoms with Crippen LogP contribution in [-0.4, -0.2) is 29.2 Å². The quantitative estimate of drug-likeness (QED) is 0.0827. The molecule has 0 saturated carbocycles. The number of rotatable bonds is 26. The minimum absolute atomic E-state index is 0.0183. The maximum absolute atomic E-state index is 11.7. The molecule has 3 nitrogen and oxygen atoms in total. The highest BCUT2D eigenvalue weighted by atomic mass is 28.4. The summed E-state index contributed by atoms with van der Waals surface area (Å²) in [6.07, 6.45) is 29.4. The molecule has 0 aromatic heterocycles. The van der Waals surface area contributed by atoms with Gasteiger partial charge >= 0.3 is 0 Å². The van der Waals surface area contributed by atoms with E-state index in [1.54, 1.807) is 0 Å². The van der Waals surface area contributed by atoms with Crippen LogP contribution in [-0.2, 0) is 13.6 Å². The fraction of sp³-hybridized carbons (Fsp3) is 0.967. The third kappa shape index (κ3) is 31.8. The van der Waals surface area contributed by atoms with Crippen LogP contribution in [0.5, 0.6) is 0 Å². The Bertz CT molecular complexity index is 469. The first kappa shape index (κ1) is 34.9. The Morgan fingerprint density at radius 2 is 0.714 bits per heavy atom. The Hall–Kier alpha value is -0.136. The highest BCUT2D eigenvalue weighted by Gasteiger charge is 2.19. The van der Waals surface area contributed by atoms with E-state index in [0.29, 0.717) is 6.42 Å². The molecule has 210 valence electrons. The second kappa shape index (κ2) is 23.0. The van der Waals surface area contributed by atoms with Gasteiger partial charge in [0.2, 0.25) is 8.32 Å². The Kier molecular flexibility index (Phi) is 22.9. The molecule has 0 aliphatic heterocycles. The first-order valence-electron chi connectivity index (χ1n) is 15.5. The fourth-order valence-electron chi connectivity index (χ4n) is 4.50. The molecule has 0 atom stereocenters. The third-order valence-electron chi connectivity index (χ3n) is 6.48. The Labute approximate surface area is 223 Å². The summed E-state index contributed by atoms with van der Waals surface area (Å²) in [6.45, 7) is 14.0. The molecule has 0 unspecified atom stereocenters. The summed E-state index contributed by atoms with van der Waals surface area (Å²) >= 11 is 0. The van der Waals surface area contributed by atoms with Crippen LogP contribution in [0.2, 0.25) is 39.3 Å². The van der Waals surface area contributed by atoms with Gasteiger partial charge in [-0.2, -0.15) is 0 Å². The molecule has 0 aliphatic carbocycles. The Morgan fingerprint density at radius 3 is 1.00 bits per heavy atom. The lowest BCUT2D eigenvalue weighted by Crippen LogP contribution is -2.28. The van der Waals surface area contributed by atoms with Crippen LogP contribution in [0.3, 0.4) is 0 Å². The number of hydrogen-bond donors (Lipinski definition) is 0. The van der Waals surface area contributed by atoms with Crippen LogP contribution < -0.4 is 0 Å². The summed E-state index contributed by atoms with van der Waals surface area (Å²) in [6, 6.07) is 0. The molecular formula is C30H64O3Si2. The summed E-state index contributed by atoms with van der Waals surface area (Å²) < 4.78 is 11.4. The van der Waals surface area contributed by atoms with Gasteiger partial charge in [0.1, 0.15) is 0 Å². The highest BCUT2D eigenvalue weighted by Crippen LogP contribution is 2.16. The van der Waals surface area contributed by atoms with Crippen LogP contribution in [0.4, 0.5) is 0 Å². The fourth-order valence-corrected chi connectivity index (χ4v) is 6.04. The minimum atomic E-state index is -1.69. The van der Waals surface area contributed by atoms with Crippen molar-refractivity contribution in [1.82, 2.24) is 0 Å². The van der Waals surface area contributed by atoms with Crippen molar-refractivity contribution in [2.75, 3.05) is 6.61 Å². The van der Waals surface area contributed by atoms with Crippen molar-refractivity contribution in [3.63, 3.8) is 0 Å². The van der Waals surface area contributed by atoms with E-state index < -0.39 is 16.6 Å². The molecule has 0 rings (SSSR count). The van der Waals surface area contributed by atoms with Crippen LogP contribution in [0.25, 0.3) is 0 Å². The van der Waals surface area contributed by atoms with E-state index in [-0.39, 0.29) is 5.97 Å².